The van der Waals surface area contributed by atoms with Gasteiger partial charge in [0.05, 0.1) is 11.0 Å². The zero-order chi connectivity index (χ0) is 14.2. The smallest absolute Gasteiger partial charge is 0.123 e. The third kappa shape index (κ3) is 2.28. The highest BCUT2D eigenvalue weighted by molar-refractivity contribution is 5.82. The third-order valence-corrected chi connectivity index (χ3v) is 3.85. The minimum atomic E-state index is 0.728. The van der Waals surface area contributed by atoms with Gasteiger partial charge in [0, 0.05) is 18.7 Å². The van der Waals surface area contributed by atoms with E-state index >= 15 is 0 Å². The van der Waals surface area contributed by atoms with Crippen molar-refractivity contribution in [3.63, 3.8) is 0 Å². The van der Waals surface area contributed by atoms with Crippen LogP contribution in [-0.4, -0.2) is 23.1 Å². The molecular formula is C17H17N3O. The van der Waals surface area contributed by atoms with E-state index in [9.17, 15) is 0 Å². The molecule has 4 rings (SSSR count). The first-order valence-corrected chi connectivity index (χ1v) is 7.23. The number of nitrogens with zero attached hydrogens (tertiary/aromatic N) is 1. The van der Waals surface area contributed by atoms with Crippen molar-refractivity contribution < 1.29 is 4.74 Å². The number of H-pyrrole nitrogens is 1. The highest BCUT2D eigenvalue weighted by Crippen LogP contribution is 2.29. The molecule has 1 aliphatic rings. The Morgan fingerprint density at radius 2 is 1.95 bits per heavy atom. The molecule has 4 nitrogen and oxygen atoms in total. The fraction of sp³-hybridized carbons (Fsp3) is 0.235. The van der Waals surface area contributed by atoms with Crippen molar-refractivity contribution in [3.8, 4) is 16.9 Å². The number of imidazole rings is 1. The first-order valence-electron chi connectivity index (χ1n) is 7.23. The van der Waals surface area contributed by atoms with Crippen molar-refractivity contribution in [1.29, 1.82) is 0 Å². The topological polar surface area (TPSA) is 49.9 Å². The Morgan fingerprint density at radius 3 is 2.90 bits per heavy atom. The fourth-order valence-electron chi connectivity index (χ4n) is 2.81. The molecule has 106 valence electrons. The van der Waals surface area contributed by atoms with Gasteiger partial charge in [-0.25, -0.2) is 4.98 Å². The number of aromatic amines is 1. The van der Waals surface area contributed by atoms with Crippen molar-refractivity contribution in [2.24, 2.45) is 0 Å². The summed E-state index contributed by atoms with van der Waals surface area (Å²) in [5.74, 6) is 1.93. The van der Waals surface area contributed by atoms with Gasteiger partial charge in [-0.2, -0.15) is 0 Å². The summed E-state index contributed by atoms with van der Waals surface area (Å²) in [5, 5.41) is 3.37. The van der Waals surface area contributed by atoms with Crippen LogP contribution in [0, 0.1) is 6.92 Å². The molecule has 0 unspecified atom stereocenters. The molecule has 0 aliphatic carbocycles. The van der Waals surface area contributed by atoms with Gasteiger partial charge >= 0.3 is 0 Å². The maximum absolute atomic E-state index is 5.73. The van der Waals surface area contributed by atoms with E-state index < -0.39 is 0 Å². The Balaban J connectivity index is 1.78. The van der Waals surface area contributed by atoms with Gasteiger partial charge in [-0.05, 0) is 42.3 Å². The molecule has 0 radical (unpaired) electrons. The number of ether oxygens (including phenoxy) is 1. The van der Waals surface area contributed by atoms with Gasteiger partial charge in [-0.1, -0.05) is 12.1 Å². The summed E-state index contributed by atoms with van der Waals surface area (Å²) in [6, 6.07) is 12.7. The number of benzene rings is 2. The van der Waals surface area contributed by atoms with E-state index in [1.54, 1.807) is 0 Å². The van der Waals surface area contributed by atoms with Gasteiger partial charge in [0.1, 0.15) is 18.2 Å². The molecule has 0 fully saturated rings. The summed E-state index contributed by atoms with van der Waals surface area (Å²) < 4.78 is 5.73. The Labute approximate surface area is 123 Å². The number of aromatic nitrogens is 2. The summed E-state index contributed by atoms with van der Waals surface area (Å²) in [6.07, 6.45) is 0. The maximum atomic E-state index is 5.73. The molecule has 0 atom stereocenters. The van der Waals surface area contributed by atoms with E-state index in [-0.39, 0.29) is 0 Å². The second-order valence-electron chi connectivity index (χ2n) is 5.40. The number of rotatable bonds is 1. The lowest BCUT2D eigenvalue weighted by molar-refractivity contribution is 0.326. The van der Waals surface area contributed by atoms with Crippen molar-refractivity contribution >= 4 is 11.0 Å². The van der Waals surface area contributed by atoms with Gasteiger partial charge in [-0.3, -0.25) is 0 Å². The van der Waals surface area contributed by atoms with E-state index in [1.165, 1.54) is 16.7 Å². The molecule has 0 bridgehead atoms. The first-order chi connectivity index (χ1) is 10.3. The fourth-order valence-corrected chi connectivity index (χ4v) is 2.81. The van der Waals surface area contributed by atoms with Crippen molar-refractivity contribution in [2.45, 2.75) is 13.5 Å². The molecule has 2 aromatic carbocycles. The van der Waals surface area contributed by atoms with Gasteiger partial charge in [-0.15, -0.1) is 0 Å². The Bertz CT molecular complexity index is 807. The zero-order valence-corrected chi connectivity index (χ0v) is 11.9. The Morgan fingerprint density at radius 1 is 1.10 bits per heavy atom. The number of fused-ring (bicyclic) bond motifs is 2. The lowest BCUT2D eigenvalue weighted by atomic mass is 10.0. The SMILES string of the molecule is Cc1nc2ccc(-c3ccc4c(c3)CNCCO4)cc2[nH]1. The minimum Gasteiger partial charge on any atom is -0.492 e. The molecule has 2 N–H and O–H groups in total. The highest BCUT2D eigenvalue weighted by atomic mass is 16.5. The van der Waals surface area contributed by atoms with E-state index in [0.29, 0.717) is 0 Å². The quantitative estimate of drug-likeness (QED) is 0.720. The third-order valence-electron chi connectivity index (χ3n) is 3.85. The summed E-state index contributed by atoms with van der Waals surface area (Å²) in [7, 11) is 0. The van der Waals surface area contributed by atoms with Gasteiger partial charge in [0.2, 0.25) is 0 Å². The van der Waals surface area contributed by atoms with E-state index in [0.717, 1.165) is 42.3 Å². The lowest BCUT2D eigenvalue weighted by Gasteiger charge is -2.09. The lowest BCUT2D eigenvalue weighted by Crippen LogP contribution is -2.16. The molecule has 0 spiro atoms. The van der Waals surface area contributed by atoms with Gasteiger partial charge in [0.15, 0.2) is 0 Å². The summed E-state index contributed by atoms with van der Waals surface area (Å²) >= 11 is 0. The second kappa shape index (κ2) is 4.90. The average molecular weight is 279 g/mol. The second-order valence-corrected chi connectivity index (χ2v) is 5.40. The van der Waals surface area contributed by atoms with Crippen LogP contribution < -0.4 is 10.1 Å². The number of hydrogen-bond donors (Lipinski definition) is 2. The summed E-state index contributed by atoms with van der Waals surface area (Å²) in [6.45, 7) is 4.45. The Kier molecular flexibility index (Phi) is 2.89. The number of nitrogens with one attached hydrogen (secondary N) is 2. The average Bonchev–Trinajstić information content (AvgIpc) is 2.71. The minimum absolute atomic E-state index is 0.728. The van der Waals surface area contributed by atoms with Crippen LogP contribution in [0.1, 0.15) is 11.4 Å². The molecule has 2 heterocycles. The van der Waals surface area contributed by atoms with Crippen LogP contribution in [-0.2, 0) is 6.54 Å². The summed E-state index contributed by atoms with van der Waals surface area (Å²) in [4.78, 5) is 7.74. The maximum Gasteiger partial charge on any atom is 0.123 e. The van der Waals surface area contributed by atoms with Crippen LogP contribution in [0.2, 0.25) is 0 Å². The molecule has 4 heteroatoms. The van der Waals surface area contributed by atoms with Crippen molar-refractivity contribution in [3.05, 3.63) is 47.8 Å². The molecular weight excluding hydrogens is 262 g/mol. The molecule has 1 aromatic heterocycles. The zero-order valence-electron chi connectivity index (χ0n) is 11.9. The largest absolute Gasteiger partial charge is 0.492 e. The molecule has 0 amide bonds. The van der Waals surface area contributed by atoms with Crippen LogP contribution in [0.3, 0.4) is 0 Å². The number of hydrogen-bond acceptors (Lipinski definition) is 3. The Hall–Kier alpha value is -2.33. The number of aryl methyl sites for hydroxylation is 1. The molecule has 0 saturated heterocycles. The normalized spacial score (nSPS) is 14.5. The molecule has 1 aliphatic heterocycles. The van der Waals surface area contributed by atoms with E-state index in [1.807, 2.05) is 6.92 Å². The molecule has 0 saturated carbocycles. The van der Waals surface area contributed by atoms with Crippen molar-refractivity contribution in [2.75, 3.05) is 13.2 Å². The highest BCUT2D eigenvalue weighted by Gasteiger charge is 2.10. The van der Waals surface area contributed by atoms with E-state index in [2.05, 4.69) is 51.7 Å². The molecule has 3 aromatic rings. The van der Waals surface area contributed by atoms with Gasteiger partial charge in [0.25, 0.3) is 0 Å². The predicted octanol–water partition coefficient (Wildman–Crippen LogP) is 3.02. The van der Waals surface area contributed by atoms with Crippen LogP contribution in [0.4, 0.5) is 0 Å². The van der Waals surface area contributed by atoms with E-state index in [4.69, 9.17) is 4.74 Å². The van der Waals surface area contributed by atoms with Crippen LogP contribution in [0.15, 0.2) is 36.4 Å². The monoisotopic (exact) mass is 279 g/mol. The standard InChI is InChI=1S/C17H17N3O/c1-11-19-15-4-2-13(9-16(15)20-11)12-3-5-17-14(8-12)10-18-6-7-21-17/h2-5,8-9,18H,6-7,10H2,1H3,(H,19,20). The van der Waals surface area contributed by atoms with Gasteiger partial charge < -0.3 is 15.0 Å². The summed E-state index contributed by atoms with van der Waals surface area (Å²) in [5.41, 5.74) is 5.70. The van der Waals surface area contributed by atoms with Crippen LogP contribution in [0.5, 0.6) is 5.75 Å². The van der Waals surface area contributed by atoms with Crippen LogP contribution >= 0.6 is 0 Å². The van der Waals surface area contributed by atoms with Crippen molar-refractivity contribution in [1.82, 2.24) is 15.3 Å². The molecule has 21 heavy (non-hydrogen) atoms. The van der Waals surface area contributed by atoms with Crippen LogP contribution in [0.25, 0.3) is 22.2 Å². The predicted molar refractivity (Wildman–Crippen MR) is 83.5 cm³/mol. The first kappa shape index (κ1) is 12.4.